The Balaban J connectivity index is 0.00000264. The third-order valence-corrected chi connectivity index (χ3v) is 3.80. The molecule has 0 aromatic heterocycles. The molecule has 2 bridgehead atoms. The molecular formula is C10H16N4NaO7S. The summed E-state index contributed by atoms with van der Waals surface area (Å²) in [5, 5.41) is 0.549. The molecule has 0 saturated carbocycles. The van der Waals surface area contributed by atoms with Gasteiger partial charge in [-0.15, -0.1) is 4.28 Å². The van der Waals surface area contributed by atoms with Crippen molar-refractivity contribution in [3.8, 4) is 0 Å². The van der Waals surface area contributed by atoms with Crippen molar-refractivity contribution in [1.29, 1.82) is 0 Å². The summed E-state index contributed by atoms with van der Waals surface area (Å²) in [5.74, 6) is -0.964. The van der Waals surface area contributed by atoms with E-state index < -0.39 is 34.4 Å². The maximum absolute atomic E-state index is 12.1. The normalized spacial score (nSPS) is 23.3. The second-order valence-corrected chi connectivity index (χ2v) is 5.91. The van der Waals surface area contributed by atoms with Gasteiger partial charge in [0, 0.05) is 42.5 Å². The minimum Gasteiger partial charge on any atom is -0.309 e. The molecule has 4 amide bonds. The van der Waals surface area contributed by atoms with Gasteiger partial charge in [0.05, 0.1) is 6.04 Å². The molecule has 11 nitrogen and oxygen atoms in total. The molecule has 2 aliphatic heterocycles. The number of urea groups is 1. The van der Waals surface area contributed by atoms with Gasteiger partial charge in [-0.2, -0.15) is 13.5 Å². The smallest absolute Gasteiger partial charge is 0.309 e. The number of rotatable bonds is 4. The second-order valence-electron chi connectivity index (χ2n) is 4.90. The van der Waals surface area contributed by atoms with Gasteiger partial charge in [-0.3, -0.25) is 25.0 Å². The number of hydrogen-bond acceptors (Lipinski definition) is 6. The van der Waals surface area contributed by atoms with Gasteiger partial charge >= 0.3 is 16.4 Å². The monoisotopic (exact) mass is 359 g/mol. The van der Waals surface area contributed by atoms with E-state index in [0.717, 1.165) is 4.90 Å². The average Bonchev–Trinajstić information content (AvgIpc) is 2.68. The molecule has 2 aliphatic rings. The largest absolute Gasteiger partial charge is 0.418 e. The van der Waals surface area contributed by atoms with Crippen LogP contribution in [-0.2, 0) is 24.3 Å². The fourth-order valence-electron chi connectivity index (χ4n) is 2.41. The number of hydrazine groups is 1. The first-order chi connectivity index (χ1) is 10.2. The molecule has 0 spiro atoms. The molecule has 2 fully saturated rings. The third-order valence-electron chi connectivity index (χ3n) is 3.45. The Morgan fingerprint density at radius 2 is 2.00 bits per heavy atom. The zero-order valence-corrected chi connectivity index (χ0v) is 15.5. The van der Waals surface area contributed by atoms with Crippen LogP contribution < -0.4 is 10.9 Å². The summed E-state index contributed by atoms with van der Waals surface area (Å²) in [6, 6.07) is -2.25. The van der Waals surface area contributed by atoms with Gasteiger partial charge in [0.2, 0.25) is 5.91 Å². The van der Waals surface area contributed by atoms with E-state index in [1.54, 1.807) is 6.92 Å². The summed E-state index contributed by atoms with van der Waals surface area (Å²) in [6.45, 7) is 1.70. The molecule has 2 saturated heterocycles. The molecule has 2 atom stereocenters. The molecular weight excluding hydrogens is 343 g/mol. The van der Waals surface area contributed by atoms with Gasteiger partial charge in [0.25, 0.3) is 5.91 Å². The minimum atomic E-state index is -4.82. The maximum Gasteiger partial charge on any atom is 0.418 e. The molecule has 0 unspecified atom stereocenters. The topological polar surface area (TPSA) is 145 Å². The fourth-order valence-corrected chi connectivity index (χ4v) is 2.80. The van der Waals surface area contributed by atoms with E-state index in [2.05, 4.69) is 15.1 Å². The Labute approximate surface area is 154 Å². The van der Waals surface area contributed by atoms with E-state index in [0.29, 0.717) is 11.5 Å². The number of amides is 4. The van der Waals surface area contributed by atoms with Crippen molar-refractivity contribution in [3.05, 3.63) is 0 Å². The summed E-state index contributed by atoms with van der Waals surface area (Å²) < 4.78 is 34.4. The van der Waals surface area contributed by atoms with Gasteiger partial charge in [-0.25, -0.2) is 4.79 Å². The first kappa shape index (κ1) is 20.1. The van der Waals surface area contributed by atoms with Crippen LogP contribution >= 0.6 is 0 Å². The molecule has 1 radical (unpaired) electrons. The first-order valence-electron chi connectivity index (χ1n) is 6.58. The van der Waals surface area contributed by atoms with Crippen LogP contribution in [0.1, 0.15) is 26.2 Å². The summed E-state index contributed by atoms with van der Waals surface area (Å²) in [4.78, 5) is 36.3. The molecule has 13 heteroatoms. The van der Waals surface area contributed by atoms with Crippen LogP contribution in [0.5, 0.6) is 0 Å². The molecule has 2 rings (SSSR count). The van der Waals surface area contributed by atoms with Gasteiger partial charge < -0.3 is 4.90 Å². The molecule has 0 aliphatic carbocycles. The molecule has 3 N–H and O–H groups in total. The number of piperidine rings is 1. The Bertz CT molecular complexity index is 598. The number of nitrogens with one attached hydrogen (secondary N) is 2. The van der Waals surface area contributed by atoms with Crippen molar-refractivity contribution >= 4 is 57.8 Å². The number of carbonyl (C=O) groups excluding carboxylic acids is 3. The van der Waals surface area contributed by atoms with Crippen LogP contribution in [0.15, 0.2) is 0 Å². The number of hydroxylamine groups is 2. The zero-order valence-electron chi connectivity index (χ0n) is 12.7. The van der Waals surface area contributed by atoms with Crippen molar-refractivity contribution < 1.29 is 31.6 Å². The van der Waals surface area contributed by atoms with Gasteiger partial charge in [-0.1, -0.05) is 6.92 Å². The van der Waals surface area contributed by atoms with Gasteiger partial charge in [0.1, 0.15) is 6.04 Å². The van der Waals surface area contributed by atoms with Gasteiger partial charge in [0.15, 0.2) is 0 Å². The Morgan fingerprint density at radius 1 is 1.35 bits per heavy atom. The molecule has 2 heterocycles. The number of hydrogen-bond donors (Lipinski definition) is 3. The average molecular weight is 359 g/mol. The Kier molecular flexibility index (Phi) is 6.80. The van der Waals surface area contributed by atoms with Crippen molar-refractivity contribution in [2.45, 2.75) is 38.3 Å². The summed E-state index contributed by atoms with van der Waals surface area (Å²) in [7, 11) is -4.82. The molecule has 0 aromatic carbocycles. The minimum absolute atomic E-state index is 0. The van der Waals surface area contributed by atoms with E-state index in [-0.39, 0.29) is 54.9 Å². The molecule has 23 heavy (non-hydrogen) atoms. The van der Waals surface area contributed by atoms with E-state index in [1.165, 1.54) is 0 Å². The maximum atomic E-state index is 12.1. The van der Waals surface area contributed by atoms with Crippen LogP contribution in [0, 0.1) is 0 Å². The Hall–Kier alpha value is -0.920. The number of nitrogens with zero attached hydrogens (tertiary/aromatic N) is 2. The molecule has 0 aromatic rings. The van der Waals surface area contributed by atoms with E-state index in [1.807, 2.05) is 0 Å². The summed E-state index contributed by atoms with van der Waals surface area (Å²) >= 11 is 0. The predicted molar refractivity (Wildman–Crippen MR) is 75.7 cm³/mol. The number of fused-ring (bicyclic) bond motifs is 2. The standard InChI is InChI=1S/C10H16N4O7S.Na/c1-2-8(15)11-12-9(16)7-4-3-6-5-13(7)10(17)14(6)21-22(18,19)20;/h6-7H,2-5H2,1H3,(H,11,15)(H,12,16)(H,18,19,20);/t6-,7+;/m1./s1. The summed E-state index contributed by atoms with van der Waals surface area (Å²) in [5.41, 5.74) is 4.40. The van der Waals surface area contributed by atoms with E-state index in [9.17, 15) is 22.8 Å². The van der Waals surface area contributed by atoms with Crippen molar-refractivity contribution in [2.75, 3.05) is 6.54 Å². The second kappa shape index (κ2) is 7.77. The van der Waals surface area contributed by atoms with Gasteiger partial charge in [-0.05, 0) is 12.8 Å². The van der Waals surface area contributed by atoms with Crippen LogP contribution in [0.25, 0.3) is 0 Å². The quantitative estimate of drug-likeness (QED) is 0.304. The zero-order chi connectivity index (χ0) is 16.5. The van der Waals surface area contributed by atoms with Crippen molar-refractivity contribution in [1.82, 2.24) is 20.8 Å². The van der Waals surface area contributed by atoms with Crippen LogP contribution in [0.4, 0.5) is 4.79 Å². The van der Waals surface area contributed by atoms with Crippen LogP contribution in [0.3, 0.4) is 0 Å². The SMILES string of the molecule is CCC(=O)NNC(=O)[C@@H]1CC[C@@H]2CN1C(=O)N2OS(=O)(=O)O.[Na]. The number of carbonyl (C=O) groups is 3. The summed E-state index contributed by atoms with van der Waals surface area (Å²) in [6.07, 6.45) is 0.777. The van der Waals surface area contributed by atoms with Crippen LogP contribution in [-0.4, -0.2) is 89.0 Å². The van der Waals surface area contributed by atoms with Crippen molar-refractivity contribution in [2.24, 2.45) is 0 Å². The third kappa shape index (κ3) is 4.78. The van der Waals surface area contributed by atoms with Crippen molar-refractivity contribution in [3.63, 3.8) is 0 Å². The van der Waals surface area contributed by atoms with E-state index >= 15 is 0 Å². The first-order valence-corrected chi connectivity index (χ1v) is 7.95. The van der Waals surface area contributed by atoms with E-state index in [4.69, 9.17) is 4.55 Å². The Morgan fingerprint density at radius 3 is 2.57 bits per heavy atom. The van der Waals surface area contributed by atoms with Crippen LogP contribution in [0.2, 0.25) is 0 Å². The fraction of sp³-hybridized carbons (Fsp3) is 0.700. The molecule has 125 valence electrons. The predicted octanol–water partition coefficient (Wildman–Crippen LogP) is -1.83.